The van der Waals surface area contributed by atoms with Gasteiger partial charge in [-0.3, -0.25) is 4.98 Å². The van der Waals surface area contributed by atoms with E-state index >= 15 is 0 Å². The van der Waals surface area contributed by atoms with Crippen LogP contribution in [0.25, 0.3) is 11.4 Å². The molecule has 2 heterocycles. The summed E-state index contributed by atoms with van der Waals surface area (Å²) < 4.78 is 6.07. The van der Waals surface area contributed by atoms with Crippen LogP contribution in [-0.4, -0.2) is 15.0 Å². The van der Waals surface area contributed by atoms with Gasteiger partial charge in [0.1, 0.15) is 5.75 Å². The van der Waals surface area contributed by atoms with E-state index < -0.39 is 0 Å². The molecule has 5 heteroatoms. The predicted octanol–water partition coefficient (Wildman–Crippen LogP) is 4.78. The van der Waals surface area contributed by atoms with E-state index in [-0.39, 0.29) is 0 Å². The highest BCUT2D eigenvalue weighted by atomic mass is 35.5. The summed E-state index contributed by atoms with van der Waals surface area (Å²) in [7, 11) is 0. The van der Waals surface area contributed by atoms with Gasteiger partial charge in [0, 0.05) is 23.5 Å². The van der Waals surface area contributed by atoms with Crippen LogP contribution >= 0.6 is 11.6 Å². The fourth-order valence-corrected chi connectivity index (χ4v) is 3.18. The smallest absolute Gasteiger partial charge is 0.226 e. The minimum Gasteiger partial charge on any atom is -0.437 e. The monoisotopic (exact) mass is 337 g/mol. The number of rotatable bonds is 3. The molecule has 1 aromatic carbocycles. The van der Waals surface area contributed by atoms with Crippen molar-refractivity contribution in [2.45, 2.75) is 26.2 Å². The molecular weight excluding hydrogens is 322 g/mol. The Morgan fingerprint density at radius 1 is 1.04 bits per heavy atom. The van der Waals surface area contributed by atoms with E-state index in [2.05, 4.69) is 9.97 Å². The first kappa shape index (κ1) is 15.1. The molecule has 24 heavy (non-hydrogen) atoms. The molecule has 4 nitrogen and oxygen atoms in total. The number of aryl methyl sites for hydroxylation is 2. The average molecular weight is 338 g/mol. The molecule has 0 atom stereocenters. The van der Waals surface area contributed by atoms with Gasteiger partial charge in [0.25, 0.3) is 0 Å². The van der Waals surface area contributed by atoms with Gasteiger partial charge in [-0.2, -0.15) is 4.98 Å². The van der Waals surface area contributed by atoms with Gasteiger partial charge >= 0.3 is 0 Å². The van der Waals surface area contributed by atoms with Gasteiger partial charge in [0.15, 0.2) is 5.82 Å². The number of ether oxygens (including phenoxy) is 1. The summed E-state index contributed by atoms with van der Waals surface area (Å²) in [6.45, 7) is 2.00. The first-order chi connectivity index (χ1) is 11.7. The summed E-state index contributed by atoms with van der Waals surface area (Å²) in [5.41, 5.74) is 4.18. The summed E-state index contributed by atoms with van der Waals surface area (Å²) in [6.07, 6.45) is 6.44. The summed E-state index contributed by atoms with van der Waals surface area (Å²) in [6, 6.07) is 9.56. The van der Waals surface area contributed by atoms with E-state index in [1.165, 1.54) is 0 Å². The van der Waals surface area contributed by atoms with Crippen molar-refractivity contribution in [3.05, 3.63) is 64.6 Å². The van der Waals surface area contributed by atoms with Gasteiger partial charge in [0.05, 0.1) is 10.7 Å². The summed E-state index contributed by atoms with van der Waals surface area (Å²) in [4.78, 5) is 13.4. The van der Waals surface area contributed by atoms with Crippen LogP contribution in [0.3, 0.4) is 0 Å². The van der Waals surface area contributed by atoms with Crippen molar-refractivity contribution in [3.8, 4) is 23.0 Å². The molecule has 2 aromatic heterocycles. The molecular formula is C19H16ClN3O. The molecule has 3 aromatic rings. The lowest BCUT2D eigenvalue weighted by atomic mass is 10.2. The molecule has 0 N–H and O–H groups in total. The van der Waals surface area contributed by atoms with Crippen LogP contribution in [0, 0.1) is 6.92 Å². The molecule has 0 bridgehead atoms. The van der Waals surface area contributed by atoms with Crippen molar-refractivity contribution in [3.63, 3.8) is 0 Å². The van der Waals surface area contributed by atoms with Crippen molar-refractivity contribution in [1.29, 1.82) is 0 Å². The summed E-state index contributed by atoms with van der Waals surface area (Å²) in [5, 5.41) is 0.589. The van der Waals surface area contributed by atoms with E-state index in [0.717, 1.165) is 41.6 Å². The Kier molecular flexibility index (Phi) is 3.90. The van der Waals surface area contributed by atoms with Crippen LogP contribution in [-0.2, 0) is 12.8 Å². The zero-order chi connectivity index (χ0) is 16.5. The van der Waals surface area contributed by atoms with E-state index in [1.807, 2.05) is 37.3 Å². The lowest BCUT2D eigenvalue weighted by Gasteiger charge is -2.12. The summed E-state index contributed by atoms with van der Waals surface area (Å²) >= 11 is 6.31. The largest absolute Gasteiger partial charge is 0.437 e. The molecule has 120 valence electrons. The second-order valence-corrected chi connectivity index (χ2v) is 6.31. The highest BCUT2D eigenvalue weighted by Crippen LogP contribution is 2.35. The fourth-order valence-electron chi connectivity index (χ4n) is 2.91. The number of fused-ring (bicyclic) bond motifs is 1. The van der Waals surface area contributed by atoms with E-state index in [9.17, 15) is 0 Å². The summed E-state index contributed by atoms with van der Waals surface area (Å²) in [5.74, 6) is 1.89. The maximum Gasteiger partial charge on any atom is 0.226 e. The quantitative estimate of drug-likeness (QED) is 0.690. The third-order valence-corrected chi connectivity index (χ3v) is 4.42. The van der Waals surface area contributed by atoms with Crippen LogP contribution in [0.5, 0.6) is 11.6 Å². The van der Waals surface area contributed by atoms with E-state index in [0.29, 0.717) is 22.5 Å². The molecule has 4 rings (SSSR count). The number of nitrogens with zero attached hydrogens (tertiary/aromatic N) is 3. The number of benzene rings is 1. The maximum atomic E-state index is 6.31. The molecule has 0 unspecified atom stereocenters. The highest BCUT2D eigenvalue weighted by Gasteiger charge is 2.22. The molecule has 1 aliphatic rings. The van der Waals surface area contributed by atoms with E-state index in [1.54, 1.807) is 12.4 Å². The molecule has 0 saturated heterocycles. The Bertz CT molecular complexity index is 897. The molecule has 0 saturated carbocycles. The number of hydrogen-bond donors (Lipinski definition) is 0. The van der Waals surface area contributed by atoms with Crippen LogP contribution in [0.1, 0.15) is 23.2 Å². The van der Waals surface area contributed by atoms with Gasteiger partial charge in [-0.15, -0.1) is 0 Å². The standard InChI is InChI=1S/C19H16ClN3O/c1-12-5-6-17(15(20)11-12)24-19-14-3-2-4-16(14)22-18(23-19)13-7-9-21-10-8-13/h5-11H,2-4H2,1H3. The number of aromatic nitrogens is 3. The van der Waals surface area contributed by atoms with Gasteiger partial charge in [-0.1, -0.05) is 17.7 Å². The third kappa shape index (κ3) is 2.85. The zero-order valence-corrected chi connectivity index (χ0v) is 14.0. The molecule has 0 radical (unpaired) electrons. The minimum absolute atomic E-state index is 0.589. The van der Waals surface area contributed by atoms with Gasteiger partial charge in [-0.25, -0.2) is 4.98 Å². The topological polar surface area (TPSA) is 47.9 Å². The lowest BCUT2D eigenvalue weighted by Crippen LogP contribution is -2.01. The van der Waals surface area contributed by atoms with Crippen LogP contribution < -0.4 is 4.74 Å². The Balaban J connectivity index is 1.78. The number of pyridine rings is 1. The Morgan fingerprint density at radius 3 is 2.67 bits per heavy atom. The Morgan fingerprint density at radius 2 is 1.88 bits per heavy atom. The molecule has 0 amide bonds. The first-order valence-electron chi connectivity index (χ1n) is 7.95. The zero-order valence-electron chi connectivity index (χ0n) is 13.3. The third-order valence-electron chi connectivity index (χ3n) is 4.13. The fraction of sp³-hybridized carbons (Fsp3) is 0.211. The predicted molar refractivity (Wildman–Crippen MR) is 93.6 cm³/mol. The van der Waals surface area contributed by atoms with E-state index in [4.69, 9.17) is 21.3 Å². The normalized spacial score (nSPS) is 12.9. The molecule has 0 aliphatic heterocycles. The van der Waals surface area contributed by atoms with Crippen LogP contribution in [0.15, 0.2) is 42.7 Å². The highest BCUT2D eigenvalue weighted by molar-refractivity contribution is 6.32. The second kappa shape index (κ2) is 6.21. The molecule has 0 spiro atoms. The minimum atomic E-state index is 0.589. The van der Waals surface area contributed by atoms with Crippen molar-refractivity contribution < 1.29 is 4.74 Å². The van der Waals surface area contributed by atoms with Crippen LogP contribution in [0.4, 0.5) is 0 Å². The average Bonchev–Trinajstić information content (AvgIpc) is 3.07. The van der Waals surface area contributed by atoms with Crippen molar-refractivity contribution in [2.24, 2.45) is 0 Å². The Hall–Kier alpha value is -2.46. The second-order valence-electron chi connectivity index (χ2n) is 5.90. The van der Waals surface area contributed by atoms with Gasteiger partial charge in [0.2, 0.25) is 5.88 Å². The van der Waals surface area contributed by atoms with Crippen molar-refractivity contribution >= 4 is 11.6 Å². The molecule has 0 fully saturated rings. The number of hydrogen-bond acceptors (Lipinski definition) is 4. The first-order valence-corrected chi connectivity index (χ1v) is 8.33. The van der Waals surface area contributed by atoms with Gasteiger partial charge < -0.3 is 4.74 Å². The van der Waals surface area contributed by atoms with Crippen LogP contribution in [0.2, 0.25) is 5.02 Å². The number of halogens is 1. The van der Waals surface area contributed by atoms with Gasteiger partial charge in [-0.05, 0) is 56.0 Å². The van der Waals surface area contributed by atoms with Crippen molar-refractivity contribution in [1.82, 2.24) is 15.0 Å². The lowest BCUT2D eigenvalue weighted by molar-refractivity contribution is 0.456. The molecule has 1 aliphatic carbocycles. The SMILES string of the molecule is Cc1ccc(Oc2nc(-c3ccncc3)nc3c2CCC3)c(Cl)c1. The Labute approximate surface area is 145 Å². The maximum absolute atomic E-state index is 6.31. The van der Waals surface area contributed by atoms with Crippen molar-refractivity contribution in [2.75, 3.05) is 0 Å².